The fraction of sp³-hybridized carbons (Fsp3) is 0.216. The van der Waals surface area contributed by atoms with Crippen molar-refractivity contribution in [1.29, 1.82) is 0 Å². The van der Waals surface area contributed by atoms with Crippen LogP contribution in [0.1, 0.15) is 47.2 Å². The van der Waals surface area contributed by atoms with Gasteiger partial charge in [-0.05, 0) is 99.5 Å². The van der Waals surface area contributed by atoms with Crippen molar-refractivity contribution in [3.63, 3.8) is 0 Å². The van der Waals surface area contributed by atoms with E-state index < -0.39 is 23.7 Å². The van der Waals surface area contributed by atoms with Crippen LogP contribution in [-0.2, 0) is 19.2 Å². The molecular formula is C37H27Br2NO7. The number of anilines is 1. The van der Waals surface area contributed by atoms with Crippen LogP contribution in [0.2, 0.25) is 0 Å². The Hall–Kier alpha value is -4.41. The van der Waals surface area contributed by atoms with Crippen LogP contribution < -0.4 is 9.64 Å². The fourth-order valence-electron chi connectivity index (χ4n) is 7.49. The number of fused-ring (bicyclic) bond motifs is 3. The predicted molar refractivity (Wildman–Crippen MR) is 180 cm³/mol. The molecule has 3 aliphatic carbocycles. The molecule has 3 aromatic rings. The lowest BCUT2D eigenvalue weighted by atomic mass is 9.59. The molecule has 236 valence electrons. The number of amides is 2. The van der Waals surface area contributed by atoms with Gasteiger partial charge in [-0.1, -0.05) is 42.0 Å². The first-order valence-corrected chi connectivity index (χ1v) is 16.6. The molecule has 10 heteroatoms. The zero-order valence-corrected chi connectivity index (χ0v) is 28.4. The first-order valence-electron chi connectivity index (χ1n) is 15.1. The average molecular weight is 757 g/mol. The molecule has 1 N–H and O–H groups in total. The highest BCUT2D eigenvalue weighted by atomic mass is 79.9. The first-order chi connectivity index (χ1) is 22.5. The summed E-state index contributed by atoms with van der Waals surface area (Å²) in [7, 11) is 1.42. The summed E-state index contributed by atoms with van der Waals surface area (Å²) in [6, 6.07) is 16.9. The zero-order chi connectivity index (χ0) is 33.3. The second-order valence-electron chi connectivity index (χ2n) is 12.1. The maximum atomic E-state index is 14.3. The van der Waals surface area contributed by atoms with E-state index in [1.807, 2.05) is 12.1 Å². The van der Waals surface area contributed by atoms with Crippen molar-refractivity contribution in [3.05, 3.63) is 121 Å². The van der Waals surface area contributed by atoms with E-state index in [0.717, 1.165) is 5.57 Å². The van der Waals surface area contributed by atoms with Crippen molar-refractivity contribution < 1.29 is 33.8 Å². The van der Waals surface area contributed by atoms with Crippen LogP contribution in [0.4, 0.5) is 5.69 Å². The van der Waals surface area contributed by atoms with E-state index in [1.165, 1.54) is 18.1 Å². The normalized spacial score (nSPS) is 23.6. The van der Waals surface area contributed by atoms with Crippen molar-refractivity contribution in [2.75, 3.05) is 12.0 Å². The molecule has 1 saturated heterocycles. The number of phenolic OH excluding ortho intramolecular Hbond substituents is 1. The average Bonchev–Trinajstić information content (AvgIpc) is 3.34. The molecule has 4 atom stereocenters. The highest BCUT2D eigenvalue weighted by molar-refractivity contribution is 9.13. The van der Waals surface area contributed by atoms with Crippen molar-refractivity contribution >= 4 is 66.7 Å². The number of carbonyl (C=O) groups excluding carboxylic acids is 5. The number of rotatable bonds is 5. The van der Waals surface area contributed by atoms with Gasteiger partial charge in [0.1, 0.15) is 0 Å². The number of hydrogen-bond acceptors (Lipinski definition) is 7. The lowest BCUT2D eigenvalue weighted by molar-refractivity contribution is -0.123. The third kappa shape index (κ3) is 4.80. The molecule has 3 aromatic carbocycles. The number of ether oxygens (including phenoxy) is 1. The van der Waals surface area contributed by atoms with Crippen LogP contribution in [0.3, 0.4) is 0 Å². The molecule has 1 heterocycles. The quantitative estimate of drug-likeness (QED) is 0.132. The van der Waals surface area contributed by atoms with Gasteiger partial charge in [0.05, 0.1) is 29.1 Å². The minimum Gasteiger partial charge on any atom is -0.503 e. The minimum atomic E-state index is -0.764. The second-order valence-corrected chi connectivity index (χ2v) is 13.7. The third-order valence-electron chi connectivity index (χ3n) is 9.69. The molecule has 7 rings (SSSR count). The number of allylic oxidation sites excluding steroid dienone is 6. The summed E-state index contributed by atoms with van der Waals surface area (Å²) in [6.45, 7) is 1.60. The van der Waals surface area contributed by atoms with Crippen molar-refractivity contribution in [2.45, 2.75) is 25.7 Å². The van der Waals surface area contributed by atoms with Crippen LogP contribution in [0.15, 0.2) is 104 Å². The smallest absolute Gasteiger partial charge is 0.238 e. The Morgan fingerprint density at radius 1 is 0.915 bits per heavy atom. The van der Waals surface area contributed by atoms with E-state index in [2.05, 4.69) is 31.9 Å². The Bertz CT molecular complexity index is 2030. The van der Waals surface area contributed by atoms with Crippen LogP contribution in [-0.4, -0.2) is 41.4 Å². The van der Waals surface area contributed by atoms with Crippen molar-refractivity contribution in [3.8, 4) is 11.5 Å². The number of methoxy groups -OCH3 is 1. The van der Waals surface area contributed by atoms with Gasteiger partial charge in [-0.2, -0.15) is 0 Å². The first kappa shape index (κ1) is 31.2. The van der Waals surface area contributed by atoms with Crippen LogP contribution in [0.25, 0.3) is 0 Å². The topological polar surface area (TPSA) is 118 Å². The lowest BCUT2D eigenvalue weighted by Gasteiger charge is -2.42. The maximum Gasteiger partial charge on any atom is 0.238 e. The molecule has 0 unspecified atom stereocenters. The number of phenols is 1. The SMILES string of the molecule is COc1cc([C@H]2C3=CC[C@@H]4C(=O)N(c5ccc(C(=O)c6ccccc6)cc5)C(=O)[C@@H]4[C@@H]3CC3=C2C(=O)C=C(C)C3=O)c(Br)c(Br)c1O. The number of hydrogen-bond donors (Lipinski definition) is 1. The molecule has 2 amide bonds. The summed E-state index contributed by atoms with van der Waals surface area (Å²) in [5.74, 6) is -4.10. The molecule has 47 heavy (non-hydrogen) atoms. The Morgan fingerprint density at radius 3 is 2.28 bits per heavy atom. The molecule has 4 aliphatic rings. The standard InChI is InChI=1S/C37H27Br2NO7/c1-17-14-26(41)30-25(33(17)42)15-23-21(28(30)24-16-27(47-2)35(44)32(39)31(24)38)12-13-22-29(23)37(46)40(36(22)45)20-10-8-19(9-11-20)34(43)18-6-4-3-5-7-18/h3-12,14,16,22-23,28-29,44H,13,15H2,1-2H3/t22-,23+,28+,29-/m0/s1. The van der Waals surface area contributed by atoms with E-state index >= 15 is 0 Å². The van der Waals surface area contributed by atoms with Gasteiger partial charge in [-0.3, -0.25) is 28.9 Å². The summed E-state index contributed by atoms with van der Waals surface area (Å²) in [5.41, 5.74) is 3.65. The van der Waals surface area contributed by atoms with Crippen LogP contribution >= 0.6 is 31.9 Å². The number of nitrogens with zero attached hydrogens (tertiary/aromatic N) is 1. The van der Waals surface area contributed by atoms with Crippen molar-refractivity contribution in [1.82, 2.24) is 0 Å². The third-order valence-corrected chi connectivity index (χ3v) is 11.8. The molecule has 0 bridgehead atoms. The summed E-state index contributed by atoms with van der Waals surface area (Å²) in [4.78, 5) is 69.6. The fourth-order valence-corrected chi connectivity index (χ4v) is 8.44. The second kappa shape index (κ2) is 11.7. The number of halogens is 2. The zero-order valence-electron chi connectivity index (χ0n) is 25.3. The molecule has 8 nitrogen and oxygen atoms in total. The number of benzene rings is 3. The molecular weight excluding hydrogens is 730 g/mol. The van der Waals surface area contributed by atoms with E-state index in [0.29, 0.717) is 48.0 Å². The number of carbonyl (C=O) groups is 5. The Morgan fingerprint density at radius 2 is 1.60 bits per heavy atom. The summed E-state index contributed by atoms with van der Waals surface area (Å²) in [5, 5.41) is 10.7. The van der Waals surface area contributed by atoms with Crippen molar-refractivity contribution in [2.24, 2.45) is 17.8 Å². The Balaban J connectivity index is 1.29. The van der Waals surface area contributed by atoms with Crippen LogP contribution in [0.5, 0.6) is 11.5 Å². The van der Waals surface area contributed by atoms with E-state index in [1.54, 1.807) is 61.5 Å². The van der Waals surface area contributed by atoms with E-state index in [4.69, 9.17) is 4.74 Å². The van der Waals surface area contributed by atoms with Gasteiger partial charge in [0.15, 0.2) is 28.8 Å². The Kier molecular flexibility index (Phi) is 7.75. The van der Waals surface area contributed by atoms with E-state index in [-0.39, 0.29) is 53.5 Å². The summed E-state index contributed by atoms with van der Waals surface area (Å²) >= 11 is 7.00. The number of aromatic hydroxyl groups is 1. The van der Waals surface area contributed by atoms with Gasteiger partial charge in [0, 0.05) is 38.2 Å². The van der Waals surface area contributed by atoms with Crippen LogP contribution in [0, 0.1) is 17.8 Å². The molecule has 0 aromatic heterocycles. The minimum absolute atomic E-state index is 0.132. The Labute approximate surface area is 287 Å². The summed E-state index contributed by atoms with van der Waals surface area (Å²) < 4.78 is 6.23. The molecule has 0 radical (unpaired) electrons. The van der Waals surface area contributed by atoms with E-state index in [9.17, 15) is 29.1 Å². The highest BCUT2D eigenvalue weighted by Gasteiger charge is 2.57. The van der Waals surface area contributed by atoms with Gasteiger partial charge in [-0.15, -0.1) is 0 Å². The number of ketones is 3. The maximum absolute atomic E-state index is 14.3. The van der Waals surface area contributed by atoms with Gasteiger partial charge in [0.25, 0.3) is 0 Å². The largest absolute Gasteiger partial charge is 0.503 e. The number of Topliss-reactive ketones (excluding diaryl/α,β-unsaturated/α-hetero) is 1. The lowest BCUT2D eigenvalue weighted by Crippen LogP contribution is -2.40. The molecule has 0 spiro atoms. The monoisotopic (exact) mass is 755 g/mol. The molecule has 1 fully saturated rings. The van der Waals surface area contributed by atoms with Gasteiger partial charge in [0.2, 0.25) is 11.8 Å². The number of imide groups is 1. The summed E-state index contributed by atoms with van der Waals surface area (Å²) in [6.07, 6.45) is 3.69. The molecule has 1 aliphatic heterocycles. The van der Waals surface area contributed by atoms with Gasteiger partial charge >= 0.3 is 0 Å². The predicted octanol–water partition coefficient (Wildman–Crippen LogP) is 6.79. The van der Waals surface area contributed by atoms with Gasteiger partial charge in [-0.25, -0.2) is 0 Å². The van der Waals surface area contributed by atoms with Gasteiger partial charge < -0.3 is 9.84 Å². The highest BCUT2D eigenvalue weighted by Crippen LogP contribution is 2.57. The molecule has 0 saturated carbocycles.